The third kappa shape index (κ3) is 4.38. The van der Waals surface area contributed by atoms with Gasteiger partial charge in [0.25, 0.3) is 0 Å². The Hall–Kier alpha value is -2.34. The molecule has 6 nitrogen and oxygen atoms in total. The summed E-state index contributed by atoms with van der Waals surface area (Å²) in [7, 11) is 0. The molecule has 0 radical (unpaired) electrons. The van der Waals surface area contributed by atoms with Crippen molar-refractivity contribution in [1.29, 1.82) is 0 Å². The number of aromatic nitrogens is 3. The number of carbonyl (C=O) groups is 1. The van der Waals surface area contributed by atoms with E-state index in [1.165, 1.54) is 0 Å². The number of aryl methyl sites for hydroxylation is 1. The normalized spacial score (nSPS) is 24.8. The fraction of sp³-hybridized carbons (Fsp3) is 0.545. The number of ether oxygens (including phenoxy) is 1. The SMILES string of the molecule is Cc1ncc(-c2ccccn2)c(C2CCC(CNC(=O)C3CCCO3)CC2)n1. The molecule has 3 heterocycles. The minimum Gasteiger partial charge on any atom is -0.368 e. The summed E-state index contributed by atoms with van der Waals surface area (Å²) in [6.45, 7) is 3.40. The average Bonchev–Trinajstić information content (AvgIpc) is 3.28. The maximum atomic E-state index is 12.2. The Morgan fingerprint density at radius 2 is 2.04 bits per heavy atom. The van der Waals surface area contributed by atoms with E-state index in [-0.39, 0.29) is 12.0 Å². The molecule has 1 aliphatic heterocycles. The molecule has 0 aromatic carbocycles. The summed E-state index contributed by atoms with van der Waals surface area (Å²) >= 11 is 0. The van der Waals surface area contributed by atoms with Crippen LogP contribution in [0.4, 0.5) is 0 Å². The summed E-state index contributed by atoms with van der Waals surface area (Å²) in [6.07, 6.45) is 9.68. The fourth-order valence-corrected chi connectivity index (χ4v) is 4.30. The van der Waals surface area contributed by atoms with E-state index in [9.17, 15) is 4.79 Å². The van der Waals surface area contributed by atoms with E-state index in [2.05, 4.69) is 15.3 Å². The zero-order valence-corrected chi connectivity index (χ0v) is 16.4. The highest BCUT2D eigenvalue weighted by Crippen LogP contribution is 2.38. The lowest BCUT2D eigenvalue weighted by Gasteiger charge is -2.29. The predicted octanol–water partition coefficient (Wildman–Crippen LogP) is 3.42. The van der Waals surface area contributed by atoms with Gasteiger partial charge in [0.05, 0.1) is 11.4 Å². The van der Waals surface area contributed by atoms with Crippen molar-refractivity contribution in [2.75, 3.05) is 13.2 Å². The lowest BCUT2D eigenvalue weighted by Crippen LogP contribution is -2.37. The molecule has 28 heavy (non-hydrogen) atoms. The predicted molar refractivity (Wildman–Crippen MR) is 107 cm³/mol. The topological polar surface area (TPSA) is 77.0 Å². The van der Waals surface area contributed by atoms with Crippen LogP contribution < -0.4 is 5.32 Å². The van der Waals surface area contributed by atoms with Gasteiger partial charge in [-0.15, -0.1) is 0 Å². The Balaban J connectivity index is 1.37. The Kier molecular flexibility index (Phi) is 5.95. The van der Waals surface area contributed by atoms with E-state index in [4.69, 9.17) is 9.72 Å². The third-order valence-electron chi connectivity index (χ3n) is 5.90. The van der Waals surface area contributed by atoms with E-state index < -0.39 is 0 Å². The van der Waals surface area contributed by atoms with Gasteiger partial charge in [0.15, 0.2) is 0 Å². The van der Waals surface area contributed by atoms with Crippen LogP contribution >= 0.6 is 0 Å². The van der Waals surface area contributed by atoms with Crippen LogP contribution in [0.5, 0.6) is 0 Å². The molecule has 0 bridgehead atoms. The summed E-state index contributed by atoms with van der Waals surface area (Å²) in [5.41, 5.74) is 3.10. The summed E-state index contributed by atoms with van der Waals surface area (Å²) in [5, 5.41) is 3.10. The molecule has 1 saturated heterocycles. The number of pyridine rings is 1. The highest BCUT2D eigenvalue weighted by molar-refractivity contribution is 5.80. The van der Waals surface area contributed by atoms with E-state index in [1.54, 1.807) is 0 Å². The van der Waals surface area contributed by atoms with E-state index in [0.717, 1.165) is 67.8 Å². The molecular formula is C22H28N4O2. The number of hydrogen-bond acceptors (Lipinski definition) is 5. The van der Waals surface area contributed by atoms with Gasteiger partial charge >= 0.3 is 0 Å². The molecule has 2 fully saturated rings. The molecule has 148 valence electrons. The first-order valence-electron chi connectivity index (χ1n) is 10.3. The van der Waals surface area contributed by atoms with Crippen molar-refractivity contribution < 1.29 is 9.53 Å². The van der Waals surface area contributed by atoms with Crippen molar-refractivity contribution in [1.82, 2.24) is 20.3 Å². The number of hydrogen-bond donors (Lipinski definition) is 1. The van der Waals surface area contributed by atoms with E-state index in [1.807, 2.05) is 37.5 Å². The Bertz CT molecular complexity index is 797. The first-order valence-corrected chi connectivity index (χ1v) is 10.3. The van der Waals surface area contributed by atoms with Gasteiger partial charge < -0.3 is 10.1 Å². The second-order valence-electron chi connectivity index (χ2n) is 7.90. The number of rotatable bonds is 5. The number of nitrogens with zero attached hydrogens (tertiary/aromatic N) is 3. The minimum atomic E-state index is -0.235. The maximum absolute atomic E-state index is 12.2. The lowest BCUT2D eigenvalue weighted by molar-refractivity contribution is -0.130. The largest absolute Gasteiger partial charge is 0.368 e. The van der Waals surface area contributed by atoms with Crippen LogP contribution in [0.1, 0.15) is 56.0 Å². The van der Waals surface area contributed by atoms with Gasteiger partial charge in [0.1, 0.15) is 11.9 Å². The Labute approximate surface area is 166 Å². The highest BCUT2D eigenvalue weighted by atomic mass is 16.5. The smallest absolute Gasteiger partial charge is 0.249 e. The number of nitrogens with one attached hydrogen (secondary N) is 1. The van der Waals surface area contributed by atoms with Crippen LogP contribution in [0.25, 0.3) is 11.3 Å². The quantitative estimate of drug-likeness (QED) is 0.860. The van der Waals surface area contributed by atoms with Crippen LogP contribution in [0, 0.1) is 12.8 Å². The molecule has 1 aliphatic carbocycles. The zero-order chi connectivity index (χ0) is 19.3. The molecule has 1 N–H and O–H groups in total. The fourth-order valence-electron chi connectivity index (χ4n) is 4.30. The van der Waals surface area contributed by atoms with Crippen LogP contribution in [-0.2, 0) is 9.53 Å². The molecule has 1 amide bonds. The standard InChI is InChI=1S/C22H28N4O2/c1-15-24-14-18(19-5-2-3-11-23-19)21(26-15)17-9-7-16(8-10-17)13-25-22(27)20-6-4-12-28-20/h2-3,5,11,14,16-17,20H,4,6-10,12-13H2,1H3,(H,25,27). The van der Waals surface area contributed by atoms with Crippen LogP contribution in [0.2, 0.25) is 0 Å². The minimum absolute atomic E-state index is 0.0588. The molecule has 6 heteroatoms. The number of amides is 1. The van der Waals surface area contributed by atoms with Gasteiger partial charge in [-0.1, -0.05) is 6.07 Å². The Morgan fingerprint density at radius 1 is 1.18 bits per heavy atom. The second kappa shape index (κ2) is 8.78. The van der Waals surface area contributed by atoms with Crippen molar-refractivity contribution >= 4 is 5.91 Å². The summed E-state index contributed by atoms with van der Waals surface area (Å²) in [6, 6.07) is 5.94. The van der Waals surface area contributed by atoms with Gasteiger partial charge in [0.2, 0.25) is 5.91 Å². The highest BCUT2D eigenvalue weighted by Gasteiger charge is 2.28. The first kappa shape index (κ1) is 19.0. The molecule has 1 atom stereocenters. The summed E-state index contributed by atoms with van der Waals surface area (Å²) in [4.78, 5) is 25.8. The average molecular weight is 380 g/mol. The maximum Gasteiger partial charge on any atom is 0.249 e. The van der Waals surface area contributed by atoms with Crippen molar-refractivity contribution in [2.45, 2.75) is 57.5 Å². The monoisotopic (exact) mass is 380 g/mol. The molecule has 0 spiro atoms. The van der Waals surface area contributed by atoms with Gasteiger partial charge in [0, 0.05) is 37.0 Å². The third-order valence-corrected chi connectivity index (χ3v) is 5.90. The zero-order valence-electron chi connectivity index (χ0n) is 16.4. The van der Waals surface area contributed by atoms with Crippen molar-refractivity contribution in [3.63, 3.8) is 0 Å². The van der Waals surface area contributed by atoms with Crippen molar-refractivity contribution in [2.24, 2.45) is 5.92 Å². The van der Waals surface area contributed by atoms with Gasteiger partial charge in [-0.25, -0.2) is 9.97 Å². The van der Waals surface area contributed by atoms with Gasteiger partial charge in [-0.05, 0) is 63.5 Å². The number of carbonyl (C=O) groups excluding carboxylic acids is 1. The van der Waals surface area contributed by atoms with Crippen LogP contribution in [0.15, 0.2) is 30.6 Å². The Morgan fingerprint density at radius 3 is 2.75 bits per heavy atom. The summed E-state index contributed by atoms with van der Waals surface area (Å²) in [5.74, 6) is 1.82. The molecule has 2 aromatic rings. The molecular weight excluding hydrogens is 352 g/mol. The van der Waals surface area contributed by atoms with Gasteiger partial charge in [-0.2, -0.15) is 0 Å². The van der Waals surface area contributed by atoms with E-state index in [0.29, 0.717) is 18.4 Å². The van der Waals surface area contributed by atoms with Crippen molar-refractivity contribution in [3.8, 4) is 11.3 Å². The molecule has 2 aromatic heterocycles. The molecule has 4 rings (SSSR count). The van der Waals surface area contributed by atoms with Crippen LogP contribution in [-0.4, -0.2) is 40.1 Å². The molecule has 1 unspecified atom stereocenters. The van der Waals surface area contributed by atoms with Crippen LogP contribution in [0.3, 0.4) is 0 Å². The van der Waals surface area contributed by atoms with Crippen molar-refractivity contribution in [3.05, 3.63) is 42.1 Å². The lowest BCUT2D eigenvalue weighted by atomic mass is 9.79. The molecule has 1 saturated carbocycles. The second-order valence-corrected chi connectivity index (χ2v) is 7.90. The van der Waals surface area contributed by atoms with Gasteiger partial charge in [-0.3, -0.25) is 9.78 Å². The summed E-state index contributed by atoms with van der Waals surface area (Å²) < 4.78 is 5.46. The van der Waals surface area contributed by atoms with E-state index >= 15 is 0 Å². The first-order chi connectivity index (χ1) is 13.7. The molecule has 2 aliphatic rings.